The van der Waals surface area contributed by atoms with E-state index in [0.29, 0.717) is 0 Å². The Balaban J connectivity index is 2.17. The molecule has 1 saturated heterocycles. The van der Waals surface area contributed by atoms with Gasteiger partial charge in [0.05, 0.1) is 0 Å². The first-order valence-electron chi connectivity index (χ1n) is 6.58. The lowest BCUT2D eigenvalue weighted by atomic mass is 9.89. The molecule has 0 aromatic heterocycles. The Morgan fingerprint density at radius 3 is 2.67 bits per heavy atom. The first-order valence-corrected chi connectivity index (χ1v) is 6.58. The van der Waals surface area contributed by atoms with Gasteiger partial charge in [-0.15, -0.1) is 0 Å². The van der Waals surface area contributed by atoms with Gasteiger partial charge in [0.25, 0.3) is 0 Å². The normalized spacial score (nSPS) is 24.3. The molecule has 1 aliphatic heterocycles. The molecule has 1 aliphatic rings. The summed E-state index contributed by atoms with van der Waals surface area (Å²) >= 11 is 0. The van der Waals surface area contributed by atoms with Crippen LogP contribution in [0.1, 0.15) is 24.8 Å². The molecule has 0 aliphatic carbocycles. The summed E-state index contributed by atoms with van der Waals surface area (Å²) in [4.78, 5) is 0. The molecule has 1 fully saturated rings. The molecule has 1 atom stereocenters. The van der Waals surface area contributed by atoms with Gasteiger partial charge in [-0.05, 0) is 30.0 Å². The third kappa shape index (κ3) is 1.82. The van der Waals surface area contributed by atoms with Crippen molar-refractivity contribution >= 4 is 10.8 Å². The van der Waals surface area contributed by atoms with Crippen LogP contribution >= 0.6 is 0 Å². The molecule has 0 saturated carbocycles. The summed E-state index contributed by atoms with van der Waals surface area (Å²) in [6.45, 7) is 0.900. The fourth-order valence-corrected chi connectivity index (χ4v) is 2.88. The SMILES string of the molecule is COC1(c2cccc3ccccc23)CCCC[N]1. The maximum atomic E-state index is 5.81. The number of methoxy groups -OCH3 is 1. The van der Waals surface area contributed by atoms with E-state index in [1.807, 2.05) is 0 Å². The van der Waals surface area contributed by atoms with Crippen LogP contribution in [0.15, 0.2) is 42.5 Å². The second-order valence-electron chi connectivity index (χ2n) is 4.85. The van der Waals surface area contributed by atoms with Gasteiger partial charge in [0, 0.05) is 19.2 Å². The van der Waals surface area contributed by atoms with Crippen LogP contribution in [0.25, 0.3) is 10.8 Å². The molecule has 93 valence electrons. The van der Waals surface area contributed by atoms with Crippen LogP contribution in [0.5, 0.6) is 0 Å². The lowest BCUT2D eigenvalue weighted by Gasteiger charge is -2.36. The van der Waals surface area contributed by atoms with Gasteiger partial charge in [-0.1, -0.05) is 42.5 Å². The van der Waals surface area contributed by atoms with Crippen molar-refractivity contribution in [2.24, 2.45) is 0 Å². The van der Waals surface area contributed by atoms with E-state index in [4.69, 9.17) is 10.1 Å². The Morgan fingerprint density at radius 2 is 1.89 bits per heavy atom. The predicted octanol–water partition coefficient (Wildman–Crippen LogP) is 3.43. The van der Waals surface area contributed by atoms with E-state index in [9.17, 15) is 0 Å². The number of ether oxygens (including phenoxy) is 1. The van der Waals surface area contributed by atoms with Crippen molar-refractivity contribution in [1.82, 2.24) is 5.32 Å². The molecule has 2 aromatic carbocycles. The molecule has 1 radical (unpaired) electrons. The summed E-state index contributed by atoms with van der Waals surface area (Å²) in [7, 11) is 1.77. The van der Waals surface area contributed by atoms with Crippen LogP contribution in [-0.2, 0) is 10.5 Å². The number of nitrogens with zero attached hydrogens (tertiary/aromatic N) is 1. The Hall–Kier alpha value is -1.38. The molecule has 0 spiro atoms. The van der Waals surface area contributed by atoms with Crippen molar-refractivity contribution in [2.75, 3.05) is 13.7 Å². The highest BCUT2D eigenvalue weighted by atomic mass is 16.5. The Kier molecular flexibility index (Phi) is 3.06. The average molecular weight is 240 g/mol. The van der Waals surface area contributed by atoms with E-state index >= 15 is 0 Å². The highest BCUT2D eigenvalue weighted by Gasteiger charge is 2.35. The molecule has 1 heterocycles. The summed E-state index contributed by atoms with van der Waals surface area (Å²) in [5.74, 6) is 0. The van der Waals surface area contributed by atoms with Gasteiger partial charge in [0.2, 0.25) is 0 Å². The fraction of sp³-hybridized carbons (Fsp3) is 0.375. The largest absolute Gasteiger partial charge is 0.358 e. The zero-order chi connectivity index (χ0) is 12.4. The third-order valence-electron chi connectivity index (χ3n) is 3.84. The van der Waals surface area contributed by atoms with Crippen LogP contribution in [0.3, 0.4) is 0 Å². The van der Waals surface area contributed by atoms with Gasteiger partial charge >= 0.3 is 0 Å². The van der Waals surface area contributed by atoms with Gasteiger partial charge in [-0.3, -0.25) is 0 Å². The summed E-state index contributed by atoms with van der Waals surface area (Å²) in [5.41, 5.74) is 0.779. The lowest BCUT2D eigenvalue weighted by Crippen LogP contribution is -2.42. The van der Waals surface area contributed by atoms with Gasteiger partial charge in [-0.25, -0.2) is 5.32 Å². The molecule has 3 rings (SSSR count). The minimum atomic E-state index is -0.431. The van der Waals surface area contributed by atoms with Crippen molar-refractivity contribution in [3.05, 3.63) is 48.0 Å². The van der Waals surface area contributed by atoms with Crippen molar-refractivity contribution < 1.29 is 4.74 Å². The van der Waals surface area contributed by atoms with E-state index in [0.717, 1.165) is 13.0 Å². The van der Waals surface area contributed by atoms with Gasteiger partial charge in [0.15, 0.2) is 5.72 Å². The minimum absolute atomic E-state index is 0.431. The van der Waals surface area contributed by atoms with Crippen LogP contribution < -0.4 is 5.32 Å². The first kappa shape index (κ1) is 11.7. The van der Waals surface area contributed by atoms with E-state index < -0.39 is 5.72 Å². The van der Waals surface area contributed by atoms with Gasteiger partial charge in [-0.2, -0.15) is 0 Å². The molecule has 0 N–H and O–H groups in total. The quantitative estimate of drug-likeness (QED) is 0.788. The Bertz CT molecular complexity index is 538. The number of hydrogen-bond acceptors (Lipinski definition) is 1. The molecule has 18 heavy (non-hydrogen) atoms. The van der Waals surface area contributed by atoms with E-state index in [1.54, 1.807) is 7.11 Å². The summed E-state index contributed by atoms with van der Waals surface area (Å²) in [6, 6.07) is 14.9. The van der Waals surface area contributed by atoms with Crippen LogP contribution in [0.2, 0.25) is 0 Å². The summed E-state index contributed by atoms with van der Waals surface area (Å²) in [6.07, 6.45) is 3.34. The molecule has 2 aromatic rings. The van der Waals surface area contributed by atoms with Crippen LogP contribution in [0.4, 0.5) is 0 Å². The van der Waals surface area contributed by atoms with E-state index in [1.165, 1.54) is 29.2 Å². The lowest BCUT2D eigenvalue weighted by molar-refractivity contribution is -0.0671. The topological polar surface area (TPSA) is 23.3 Å². The smallest absolute Gasteiger partial charge is 0.160 e. The number of piperidine rings is 1. The summed E-state index contributed by atoms with van der Waals surface area (Å²) < 4.78 is 5.81. The van der Waals surface area contributed by atoms with E-state index in [-0.39, 0.29) is 0 Å². The highest BCUT2D eigenvalue weighted by molar-refractivity contribution is 5.86. The molecule has 0 amide bonds. The van der Waals surface area contributed by atoms with Crippen LogP contribution in [0, 0.1) is 0 Å². The van der Waals surface area contributed by atoms with Crippen molar-refractivity contribution in [1.29, 1.82) is 0 Å². The van der Waals surface area contributed by atoms with E-state index in [2.05, 4.69) is 42.5 Å². The Morgan fingerprint density at radius 1 is 1.06 bits per heavy atom. The standard InChI is InChI=1S/C16H18NO/c1-18-16(11-4-5-12-17-16)15-10-6-8-13-7-2-3-9-14(13)15/h2-3,6-10H,4-5,11-12H2,1H3. The molecule has 1 unspecified atom stereocenters. The first-order chi connectivity index (χ1) is 8.86. The van der Waals surface area contributed by atoms with Gasteiger partial charge < -0.3 is 4.74 Å². The second-order valence-corrected chi connectivity index (χ2v) is 4.85. The highest BCUT2D eigenvalue weighted by Crippen LogP contribution is 2.36. The monoisotopic (exact) mass is 240 g/mol. The maximum absolute atomic E-state index is 5.81. The van der Waals surface area contributed by atoms with Crippen molar-refractivity contribution in [3.8, 4) is 0 Å². The number of fused-ring (bicyclic) bond motifs is 1. The number of rotatable bonds is 2. The molecule has 2 heteroatoms. The van der Waals surface area contributed by atoms with Crippen LogP contribution in [-0.4, -0.2) is 13.7 Å². The predicted molar refractivity (Wildman–Crippen MR) is 73.5 cm³/mol. The maximum Gasteiger partial charge on any atom is 0.160 e. The molecule has 2 nitrogen and oxygen atoms in total. The zero-order valence-corrected chi connectivity index (χ0v) is 10.7. The van der Waals surface area contributed by atoms with Crippen molar-refractivity contribution in [2.45, 2.75) is 25.0 Å². The average Bonchev–Trinajstić information content (AvgIpc) is 2.47. The minimum Gasteiger partial charge on any atom is -0.358 e. The number of hydrogen-bond donors (Lipinski definition) is 0. The summed E-state index contributed by atoms with van der Waals surface area (Å²) in [5, 5.41) is 7.29. The zero-order valence-electron chi connectivity index (χ0n) is 10.7. The second kappa shape index (κ2) is 4.71. The van der Waals surface area contributed by atoms with Gasteiger partial charge in [0.1, 0.15) is 0 Å². The van der Waals surface area contributed by atoms with Crippen molar-refractivity contribution in [3.63, 3.8) is 0 Å². The third-order valence-corrected chi connectivity index (χ3v) is 3.84. The molecular formula is C16H18NO. The fourth-order valence-electron chi connectivity index (χ4n) is 2.88. The number of benzene rings is 2. The Labute approximate surface area is 108 Å². The molecule has 0 bridgehead atoms. The molecular weight excluding hydrogens is 222 g/mol.